The van der Waals surface area contributed by atoms with Gasteiger partial charge in [0.05, 0.1) is 14.2 Å². The first-order valence-corrected chi connectivity index (χ1v) is 8.14. The first-order chi connectivity index (χ1) is 11.5. The molecule has 0 saturated carbocycles. The Morgan fingerprint density at radius 3 is 2.83 bits per heavy atom. The third kappa shape index (κ3) is 1.88. The van der Waals surface area contributed by atoms with E-state index in [1.807, 2.05) is 18.2 Å². The summed E-state index contributed by atoms with van der Waals surface area (Å²) in [5.41, 5.74) is 2.71. The molecule has 0 saturated heterocycles. The summed E-state index contributed by atoms with van der Waals surface area (Å²) in [6.45, 7) is 0.963. The number of carbonyl (C=O) groups is 1. The number of ketones is 1. The molecule has 2 atom stereocenters. The molecule has 0 unspecified atom stereocenters. The molecule has 1 aliphatic heterocycles. The molecule has 5 nitrogen and oxygen atoms in total. The quantitative estimate of drug-likeness (QED) is 0.903. The highest BCUT2D eigenvalue weighted by Crippen LogP contribution is 2.58. The number of nitrogens with zero attached hydrogens (tertiary/aromatic N) is 1. The van der Waals surface area contributed by atoms with Gasteiger partial charge >= 0.3 is 0 Å². The summed E-state index contributed by atoms with van der Waals surface area (Å²) in [4.78, 5) is 14.3. The average Bonchev–Trinajstić information content (AvgIpc) is 2.92. The fraction of sp³-hybridized carbons (Fsp3) is 0.421. The molecule has 1 aromatic rings. The molecule has 1 spiro atoms. The van der Waals surface area contributed by atoms with Crippen LogP contribution in [0.4, 0.5) is 0 Å². The second-order valence-electron chi connectivity index (χ2n) is 6.78. The van der Waals surface area contributed by atoms with Crippen LogP contribution in [0.1, 0.15) is 29.2 Å². The minimum Gasteiger partial charge on any atom is -0.504 e. The van der Waals surface area contributed by atoms with Crippen molar-refractivity contribution >= 4 is 5.78 Å². The van der Waals surface area contributed by atoms with Crippen LogP contribution >= 0.6 is 0 Å². The number of phenols is 1. The van der Waals surface area contributed by atoms with E-state index in [9.17, 15) is 9.90 Å². The maximum atomic E-state index is 12.0. The zero-order chi connectivity index (χ0) is 17.1. The van der Waals surface area contributed by atoms with E-state index in [0.717, 1.165) is 24.9 Å². The molecule has 1 aromatic carbocycles. The summed E-state index contributed by atoms with van der Waals surface area (Å²) in [6.07, 6.45) is 7.02. The molecule has 2 aliphatic carbocycles. The summed E-state index contributed by atoms with van der Waals surface area (Å²) in [5.74, 6) is 0.847. The third-order valence-electron chi connectivity index (χ3n) is 5.59. The Morgan fingerprint density at radius 2 is 2.12 bits per heavy atom. The van der Waals surface area contributed by atoms with E-state index in [2.05, 4.69) is 11.9 Å². The van der Waals surface area contributed by atoms with Crippen LogP contribution in [0.25, 0.3) is 0 Å². The van der Waals surface area contributed by atoms with E-state index >= 15 is 0 Å². The minimum absolute atomic E-state index is 0.140. The number of allylic oxidation sites excluding steroid dienone is 3. The lowest BCUT2D eigenvalue weighted by atomic mass is 9.77. The highest BCUT2D eigenvalue weighted by atomic mass is 16.5. The zero-order valence-corrected chi connectivity index (χ0v) is 14.1. The smallest absolute Gasteiger partial charge is 0.219 e. The Labute approximate surface area is 141 Å². The second-order valence-corrected chi connectivity index (χ2v) is 6.78. The van der Waals surface area contributed by atoms with E-state index in [1.165, 1.54) is 18.2 Å². The molecule has 0 radical (unpaired) electrons. The van der Waals surface area contributed by atoms with Gasteiger partial charge in [-0.15, -0.1) is 0 Å². The number of ether oxygens (including phenoxy) is 2. The number of fused-ring (bicyclic) bond motifs is 1. The van der Waals surface area contributed by atoms with Crippen molar-refractivity contribution in [3.8, 4) is 11.5 Å². The van der Waals surface area contributed by atoms with Gasteiger partial charge in [-0.3, -0.25) is 9.69 Å². The SMILES string of the molecule is COC1=C[C@]2(C=CC1=O)C[C@H]1c3c(cc(OC)c(O)c32)CCN1C. The van der Waals surface area contributed by atoms with Crippen molar-refractivity contribution in [1.29, 1.82) is 0 Å². The molecule has 1 N–H and O–H groups in total. The number of carbonyl (C=O) groups excluding carboxylic acids is 1. The third-order valence-corrected chi connectivity index (χ3v) is 5.59. The van der Waals surface area contributed by atoms with Gasteiger partial charge in [0.2, 0.25) is 5.78 Å². The number of phenolic OH excluding ortho intramolecular Hbond substituents is 1. The average molecular weight is 327 g/mol. The van der Waals surface area contributed by atoms with Crippen LogP contribution in [0.3, 0.4) is 0 Å². The first kappa shape index (κ1) is 15.3. The lowest BCUT2D eigenvalue weighted by molar-refractivity contribution is -0.114. The monoisotopic (exact) mass is 327 g/mol. The van der Waals surface area contributed by atoms with Gasteiger partial charge in [0.1, 0.15) is 0 Å². The Balaban J connectivity index is 2.00. The molecule has 1 heterocycles. The topological polar surface area (TPSA) is 59.0 Å². The van der Waals surface area contributed by atoms with Gasteiger partial charge in [0.25, 0.3) is 0 Å². The van der Waals surface area contributed by atoms with Crippen molar-refractivity contribution in [2.24, 2.45) is 0 Å². The minimum atomic E-state index is -0.536. The van der Waals surface area contributed by atoms with Crippen LogP contribution in [-0.4, -0.2) is 43.6 Å². The molecule has 0 amide bonds. The van der Waals surface area contributed by atoms with Gasteiger partial charge in [0.15, 0.2) is 17.3 Å². The van der Waals surface area contributed by atoms with Gasteiger partial charge in [-0.25, -0.2) is 0 Å². The number of rotatable bonds is 2. The lowest BCUT2D eigenvalue weighted by Crippen LogP contribution is -2.31. The molecule has 0 bridgehead atoms. The maximum Gasteiger partial charge on any atom is 0.219 e. The predicted octanol–water partition coefficient (Wildman–Crippen LogP) is 2.24. The molecule has 4 rings (SSSR count). The van der Waals surface area contributed by atoms with Crippen molar-refractivity contribution in [3.05, 3.63) is 46.7 Å². The fourth-order valence-corrected chi connectivity index (χ4v) is 4.38. The Kier molecular flexibility index (Phi) is 3.25. The first-order valence-electron chi connectivity index (χ1n) is 8.14. The van der Waals surface area contributed by atoms with E-state index in [0.29, 0.717) is 11.5 Å². The molecule has 5 heteroatoms. The molecular formula is C19H21NO4. The van der Waals surface area contributed by atoms with Crippen LogP contribution < -0.4 is 4.74 Å². The molecular weight excluding hydrogens is 306 g/mol. The van der Waals surface area contributed by atoms with Crippen molar-refractivity contribution in [2.75, 3.05) is 27.8 Å². The summed E-state index contributed by atoms with van der Waals surface area (Å²) in [6, 6.07) is 2.17. The highest BCUT2D eigenvalue weighted by molar-refractivity contribution is 6.04. The van der Waals surface area contributed by atoms with E-state index in [-0.39, 0.29) is 17.6 Å². The fourth-order valence-electron chi connectivity index (χ4n) is 4.38. The van der Waals surface area contributed by atoms with Gasteiger partial charge in [-0.05, 0) is 49.2 Å². The molecule has 24 heavy (non-hydrogen) atoms. The number of hydrogen-bond donors (Lipinski definition) is 1. The summed E-state index contributed by atoms with van der Waals surface area (Å²) in [7, 11) is 5.18. The number of likely N-dealkylation sites (N-methyl/N-ethyl adjacent to an activating group) is 1. The Hall–Kier alpha value is -2.27. The van der Waals surface area contributed by atoms with Crippen LogP contribution in [0.5, 0.6) is 11.5 Å². The Morgan fingerprint density at radius 1 is 1.33 bits per heavy atom. The van der Waals surface area contributed by atoms with Crippen LogP contribution in [0.2, 0.25) is 0 Å². The normalized spacial score (nSPS) is 28.0. The van der Waals surface area contributed by atoms with E-state index < -0.39 is 5.41 Å². The standard InChI is InChI=1S/C19H21NO4/c1-20-7-5-11-8-14(23-2)18(22)17-16(11)12(20)9-19(17)6-4-13(21)15(10-19)24-3/h4,6,8,10,12,22H,5,7,9H2,1-3H3/t12-,19-/m0/s1. The number of benzene rings is 1. The molecule has 3 aliphatic rings. The largest absolute Gasteiger partial charge is 0.504 e. The molecule has 0 fully saturated rings. The summed E-state index contributed by atoms with van der Waals surface area (Å²) < 4.78 is 10.7. The number of hydrogen-bond acceptors (Lipinski definition) is 5. The van der Waals surface area contributed by atoms with Gasteiger partial charge in [-0.2, -0.15) is 0 Å². The Bertz CT molecular complexity index is 795. The zero-order valence-electron chi connectivity index (χ0n) is 14.1. The molecule has 126 valence electrons. The highest BCUT2D eigenvalue weighted by Gasteiger charge is 2.49. The second kappa shape index (κ2) is 5.11. The molecule has 0 aromatic heterocycles. The lowest BCUT2D eigenvalue weighted by Gasteiger charge is -2.32. The van der Waals surface area contributed by atoms with E-state index in [4.69, 9.17) is 9.47 Å². The predicted molar refractivity (Wildman–Crippen MR) is 89.3 cm³/mol. The van der Waals surface area contributed by atoms with Gasteiger partial charge < -0.3 is 14.6 Å². The van der Waals surface area contributed by atoms with E-state index in [1.54, 1.807) is 13.2 Å². The number of methoxy groups -OCH3 is 2. The van der Waals surface area contributed by atoms with Gasteiger partial charge in [-0.1, -0.05) is 6.08 Å². The van der Waals surface area contributed by atoms with Crippen LogP contribution in [0, 0.1) is 0 Å². The summed E-state index contributed by atoms with van der Waals surface area (Å²) in [5, 5.41) is 10.9. The maximum absolute atomic E-state index is 12.0. The van der Waals surface area contributed by atoms with Crippen LogP contribution in [0.15, 0.2) is 30.1 Å². The van der Waals surface area contributed by atoms with Crippen molar-refractivity contribution in [2.45, 2.75) is 24.3 Å². The number of aromatic hydroxyl groups is 1. The van der Waals surface area contributed by atoms with Crippen molar-refractivity contribution in [3.63, 3.8) is 0 Å². The van der Waals surface area contributed by atoms with Crippen LogP contribution in [-0.2, 0) is 21.4 Å². The van der Waals surface area contributed by atoms with Crippen molar-refractivity contribution in [1.82, 2.24) is 4.90 Å². The van der Waals surface area contributed by atoms with Crippen molar-refractivity contribution < 1.29 is 19.4 Å². The summed E-state index contributed by atoms with van der Waals surface area (Å²) >= 11 is 0. The van der Waals surface area contributed by atoms with Gasteiger partial charge in [0, 0.05) is 23.6 Å².